The summed E-state index contributed by atoms with van der Waals surface area (Å²) in [7, 11) is 1.32. The minimum atomic E-state index is -1.13. The molecular formula is C21H24FNO3. The van der Waals surface area contributed by atoms with E-state index in [1.807, 2.05) is 45.9 Å². The van der Waals surface area contributed by atoms with E-state index >= 15 is 0 Å². The number of anilines is 1. The van der Waals surface area contributed by atoms with Gasteiger partial charge in [-0.05, 0) is 74.2 Å². The molecule has 2 rings (SSSR count). The van der Waals surface area contributed by atoms with E-state index in [1.165, 1.54) is 19.3 Å². The highest BCUT2D eigenvalue weighted by Crippen LogP contribution is 2.31. The predicted octanol–water partition coefficient (Wildman–Crippen LogP) is 5.00. The molecule has 0 aromatic heterocycles. The van der Waals surface area contributed by atoms with Crippen molar-refractivity contribution in [1.29, 1.82) is 0 Å². The number of rotatable bonds is 6. The molecule has 5 heteroatoms. The zero-order valence-corrected chi connectivity index (χ0v) is 15.7. The fraction of sp³-hybridized carbons (Fsp3) is 0.286. The van der Waals surface area contributed by atoms with Crippen LogP contribution in [0.4, 0.5) is 10.1 Å². The SMILES string of the molecule is COC(=Cc1cc(C)c(-c2ccc(NC(C)C)cc2F)cc1C)C(=O)O. The van der Waals surface area contributed by atoms with Gasteiger partial charge in [-0.3, -0.25) is 0 Å². The molecule has 0 saturated heterocycles. The van der Waals surface area contributed by atoms with E-state index in [0.29, 0.717) is 5.56 Å². The van der Waals surface area contributed by atoms with Crippen LogP contribution in [0.2, 0.25) is 0 Å². The minimum Gasteiger partial charge on any atom is -0.490 e. The molecule has 26 heavy (non-hydrogen) atoms. The summed E-state index contributed by atoms with van der Waals surface area (Å²) in [6.45, 7) is 7.73. The molecule has 0 radical (unpaired) electrons. The van der Waals surface area contributed by atoms with Crippen molar-refractivity contribution in [3.05, 3.63) is 58.6 Å². The van der Waals surface area contributed by atoms with Crippen LogP contribution in [-0.4, -0.2) is 24.2 Å². The number of benzene rings is 2. The first-order chi connectivity index (χ1) is 12.2. The number of aryl methyl sites for hydroxylation is 2. The fourth-order valence-corrected chi connectivity index (χ4v) is 2.79. The second-order valence-corrected chi connectivity index (χ2v) is 6.54. The number of methoxy groups -OCH3 is 1. The Hall–Kier alpha value is -2.82. The van der Waals surface area contributed by atoms with E-state index in [1.54, 1.807) is 6.07 Å². The van der Waals surface area contributed by atoms with Gasteiger partial charge in [0, 0.05) is 17.3 Å². The largest absolute Gasteiger partial charge is 0.490 e. The molecular weight excluding hydrogens is 333 g/mol. The van der Waals surface area contributed by atoms with Crippen molar-refractivity contribution in [3.8, 4) is 11.1 Å². The topological polar surface area (TPSA) is 58.6 Å². The highest BCUT2D eigenvalue weighted by Gasteiger charge is 2.13. The smallest absolute Gasteiger partial charge is 0.371 e. The van der Waals surface area contributed by atoms with E-state index < -0.39 is 5.97 Å². The summed E-state index contributed by atoms with van der Waals surface area (Å²) in [5, 5.41) is 12.3. The highest BCUT2D eigenvalue weighted by atomic mass is 19.1. The Morgan fingerprint density at radius 2 is 1.85 bits per heavy atom. The average Bonchev–Trinajstić information content (AvgIpc) is 2.55. The van der Waals surface area contributed by atoms with Crippen molar-refractivity contribution >= 4 is 17.7 Å². The van der Waals surface area contributed by atoms with Crippen LogP contribution in [0.3, 0.4) is 0 Å². The van der Waals surface area contributed by atoms with Gasteiger partial charge in [-0.25, -0.2) is 9.18 Å². The molecule has 0 spiro atoms. The van der Waals surface area contributed by atoms with Gasteiger partial charge in [-0.1, -0.05) is 12.1 Å². The molecule has 0 fully saturated rings. The molecule has 0 aliphatic carbocycles. The number of carboxylic acid groups (broad SMARTS) is 1. The zero-order valence-electron chi connectivity index (χ0n) is 15.7. The lowest BCUT2D eigenvalue weighted by molar-refractivity contribution is -0.135. The van der Waals surface area contributed by atoms with Gasteiger partial charge >= 0.3 is 5.97 Å². The van der Waals surface area contributed by atoms with Crippen molar-refractivity contribution in [2.24, 2.45) is 0 Å². The van der Waals surface area contributed by atoms with Crippen LogP contribution in [-0.2, 0) is 9.53 Å². The number of nitrogens with one attached hydrogen (secondary N) is 1. The van der Waals surface area contributed by atoms with Gasteiger partial charge in [-0.2, -0.15) is 0 Å². The molecule has 0 heterocycles. The Kier molecular flexibility index (Phi) is 6.03. The lowest BCUT2D eigenvalue weighted by Gasteiger charge is -2.14. The van der Waals surface area contributed by atoms with E-state index in [2.05, 4.69) is 5.32 Å². The molecule has 0 saturated carbocycles. The first-order valence-electron chi connectivity index (χ1n) is 8.39. The lowest BCUT2D eigenvalue weighted by Crippen LogP contribution is -2.09. The highest BCUT2D eigenvalue weighted by molar-refractivity contribution is 5.90. The maximum absolute atomic E-state index is 14.6. The van der Waals surface area contributed by atoms with E-state index in [9.17, 15) is 9.18 Å². The number of ether oxygens (including phenoxy) is 1. The van der Waals surface area contributed by atoms with Crippen LogP contribution < -0.4 is 5.32 Å². The molecule has 2 aromatic carbocycles. The molecule has 138 valence electrons. The van der Waals surface area contributed by atoms with Crippen LogP contribution in [0.25, 0.3) is 17.2 Å². The maximum atomic E-state index is 14.6. The molecule has 0 aliphatic rings. The van der Waals surface area contributed by atoms with Crippen molar-refractivity contribution in [2.75, 3.05) is 12.4 Å². The predicted molar refractivity (Wildman–Crippen MR) is 103 cm³/mol. The third kappa shape index (κ3) is 4.42. The van der Waals surface area contributed by atoms with Gasteiger partial charge < -0.3 is 15.2 Å². The summed E-state index contributed by atoms with van der Waals surface area (Å²) in [4.78, 5) is 11.1. The number of halogens is 1. The second kappa shape index (κ2) is 8.04. The van der Waals surface area contributed by atoms with Gasteiger partial charge in [0.05, 0.1) is 7.11 Å². The first-order valence-corrected chi connectivity index (χ1v) is 8.39. The van der Waals surface area contributed by atoms with Gasteiger partial charge in [0.25, 0.3) is 0 Å². The van der Waals surface area contributed by atoms with Crippen molar-refractivity contribution < 1.29 is 19.0 Å². The molecule has 2 N–H and O–H groups in total. The van der Waals surface area contributed by atoms with Crippen LogP contribution in [0.5, 0.6) is 0 Å². The van der Waals surface area contributed by atoms with Crippen LogP contribution in [0.15, 0.2) is 36.1 Å². The Bertz CT molecular complexity index is 857. The molecule has 0 bridgehead atoms. The molecule has 0 aliphatic heterocycles. The van der Waals surface area contributed by atoms with Gasteiger partial charge in [0.15, 0.2) is 0 Å². The Balaban J connectivity index is 2.47. The molecule has 4 nitrogen and oxygen atoms in total. The monoisotopic (exact) mass is 357 g/mol. The zero-order chi connectivity index (χ0) is 19.4. The van der Waals surface area contributed by atoms with Crippen molar-refractivity contribution in [3.63, 3.8) is 0 Å². The summed E-state index contributed by atoms with van der Waals surface area (Å²) >= 11 is 0. The minimum absolute atomic E-state index is 0.143. The Labute approximate surface area is 153 Å². The second-order valence-electron chi connectivity index (χ2n) is 6.54. The van der Waals surface area contributed by atoms with Crippen molar-refractivity contribution in [1.82, 2.24) is 0 Å². The summed E-state index contributed by atoms with van der Waals surface area (Å²) in [5.74, 6) is -1.58. The quantitative estimate of drug-likeness (QED) is 0.564. The van der Waals surface area contributed by atoms with Crippen LogP contribution >= 0.6 is 0 Å². The Morgan fingerprint density at radius 1 is 1.15 bits per heavy atom. The van der Waals surface area contributed by atoms with E-state index in [0.717, 1.165) is 27.9 Å². The third-order valence-corrected chi connectivity index (χ3v) is 4.04. The Morgan fingerprint density at radius 3 is 2.38 bits per heavy atom. The first kappa shape index (κ1) is 19.5. The molecule has 2 aromatic rings. The van der Waals surface area contributed by atoms with Crippen LogP contribution in [0, 0.1) is 19.7 Å². The maximum Gasteiger partial charge on any atom is 0.371 e. The van der Waals surface area contributed by atoms with E-state index in [-0.39, 0.29) is 17.6 Å². The number of hydrogen-bond donors (Lipinski definition) is 2. The normalized spacial score (nSPS) is 11.6. The molecule has 0 atom stereocenters. The third-order valence-electron chi connectivity index (χ3n) is 4.04. The fourth-order valence-electron chi connectivity index (χ4n) is 2.79. The summed E-state index contributed by atoms with van der Waals surface area (Å²) in [5.41, 5.74) is 4.45. The summed E-state index contributed by atoms with van der Waals surface area (Å²) in [6.07, 6.45) is 1.47. The van der Waals surface area contributed by atoms with Gasteiger partial charge in [0.2, 0.25) is 5.76 Å². The number of hydrogen-bond acceptors (Lipinski definition) is 3. The molecule has 0 amide bonds. The van der Waals surface area contributed by atoms with Crippen molar-refractivity contribution in [2.45, 2.75) is 33.7 Å². The average molecular weight is 357 g/mol. The molecule has 0 unspecified atom stereocenters. The van der Waals surface area contributed by atoms with Gasteiger partial charge in [0.1, 0.15) is 5.82 Å². The number of aliphatic carboxylic acids is 1. The summed E-state index contributed by atoms with van der Waals surface area (Å²) < 4.78 is 19.5. The standard InChI is InChI=1S/C21H24FNO3/c1-12(2)23-16-6-7-17(19(22)11-16)18-9-13(3)15(8-14(18)4)10-20(26-5)21(24)25/h6-12,23H,1-5H3,(H,24,25). The van der Waals surface area contributed by atoms with Crippen LogP contribution in [0.1, 0.15) is 30.5 Å². The number of carbonyl (C=O) groups is 1. The number of carboxylic acids is 1. The van der Waals surface area contributed by atoms with Gasteiger partial charge in [-0.15, -0.1) is 0 Å². The lowest BCUT2D eigenvalue weighted by atomic mass is 9.94. The summed E-state index contributed by atoms with van der Waals surface area (Å²) in [6, 6.07) is 9.03. The van der Waals surface area contributed by atoms with E-state index in [4.69, 9.17) is 9.84 Å².